The molecule has 1 aromatic rings. The molecular formula is C14H18ClN5O3S. The third-order valence-corrected chi connectivity index (χ3v) is 3.96. The Kier molecular flexibility index (Phi) is 7.32. The summed E-state index contributed by atoms with van der Waals surface area (Å²) in [7, 11) is 0. The quantitative estimate of drug-likeness (QED) is 0.338. The lowest BCUT2D eigenvalue weighted by atomic mass is 10.2. The van der Waals surface area contributed by atoms with E-state index < -0.39 is 4.92 Å². The maximum absolute atomic E-state index is 10.8. The summed E-state index contributed by atoms with van der Waals surface area (Å²) in [5.74, 6) is 0. The Morgan fingerprint density at radius 3 is 2.96 bits per heavy atom. The van der Waals surface area contributed by atoms with Crippen molar-refractivity contribution in [2.45, 2.75) is 0 Å². The van der Waals surface area contributed by atoms with Crippen molar-refractivity contribution in [3.05, 3.63) is 38.9 Å². The van der Waals surface area contributed by atoms with Gasteiger partial charge >= 0.3 is 0 Å². The number of nitrogens with one attached hydrogen (secondary N) is 2. The van der Waals surface area contributed by atoms with Crippen LogP contribution >= 0.6 is 23.8 Å². The first-order valence-electron chi connectivity index (χ1n) is 7.37. The van der Waals surface area contributed by atoms with Crippen molar-refractivity contribution in [3.8, 4) is 0 Å². The van der Waals surface area contributed by atoms with Crippen LogP contribution in [0.25, 0.3) is 0 Å². The van der Waals surface area contributed by atoms with Crippen LogP contribution in [0.4, 0.5) is 5.69 Å². The summed E-state index contributed by atoms with van der Waals surface area (Å²) < 4.78 is 5.28. The number of ether oxygens (including phenoxy) is 1. The standard InChI is InChI=1S/C14H18ClN5O3S/c15-13-2-1-12(20(21)22)9-11(13)10-17-18-14(24)16-3-4-19-5-7-23-8-6-19/h1-2,9-10H,3-8H2,(H2,16,18,24)/b17-10-. The molecule has 0 radical (unpaired) electrons. The van der Waals surface area contributed by atoms with Gasteiger partial charge in [-0.25, -0.2) is 0 Å². The molecular weight excluding hydrogens is 354 g/mol. The van der Waals surface area contributed by atoms with E-state index in [-0.39, 0.29) is 5.69 Å². The average Bonchev–Trinajstić information content (AvgIpc) is 2.57. The summed E-state index contributed by atoms with van der Waals surface area (Å²) in [4.78, 5) is 12.6. The zero-order valence-electron chi connectivity index (χ0n) is 12.9. The molecule has 10 heteroatoms. The lowest BCUT2D eigenvalue weighted by Gasteiger charge is -2.26. The molecule has 1 aliphatic heterocycles. The molecule has 0 atom stereocenters. The Labute approximate surface area is 149 Å². The molecule has 1 fully saturated rings. The molecule has 1 heterocycles. The number of hydrogen-bond donors (Lipinski definition) is 2. The molecule has 0 amide bonds. The number of nitro groups is 1. The Morgan fingerprint density at radius 2 is 2.25 bits per heavy atom. The molecule has 130 valence electrons. The van der Waals surface area contributed by atoms with E-state index in [2.05, 4.69) is 20.7 Å². The summed E-state index contributed by atoms with van der Waals surface area (Å²) in [6, 6.07) is 4.15. The summed E-state index contributed by atoms with van der Waals surface area (Å²) >= 11 is 11.1. The highest BCUT2D eigenvalue weighted by atomic mass is 35.5. The van der Waals surface area contributed by atoms with Crippen LogP contribution in [-0.2, 0) is 4.74 Å². The Hall–Kier alpha value is -1.81. The van der Waals surface area contributed by atoms with E-state index in [0.717, 1.165) is 32.8 Å². The third-order valence-electron chi connectivity index (χ3n) is 3.38. The predicted molar refractivity (Wildman–Crippen MR) is 96.7 cm³/mol. The van der Waals surface area contributed by atoms with E-state index in [1.807, 2.05) is 0 Å². The fraction of sp³-hybridized carbons (Fsp3) is 0.429. The van der Waals surface area contributed by atoms with Crippen molar-refractivity contribution < 1.29 is 9.66 Å². The first kappa shape index (κ1) is 18.5. The number of nitro benzene ring substituents is 1. The van der Waals surface area contributed by atoms with Crippen molar-refractivity contribution in [2.24, 2.45) is 5.10 Å². The van der Waals surface area contributed by atoms with Gasteiger partial charge in [-0.05, 0) is 18.3 Å². The van der Waals surface area contributed by atoms with E-state index in [0.29, 0.717) is 22.2 Å². The van der Waals surface area contributed by atoms with Crippen LogP contribution < -0.4 is 10.7 Å². The molecule has 24 heavy (non-hydrogen) atoms. The van der Waals surface area contributed by atoms with Gasteiger partial charge in [0.2, 0.25) is 0 Å². The largest absolute Gasteiger partial charge is 0.379 e. The van der Waals surface area contributed by atoms with Crippen LogP contribution in [0.1, 0.15) is 5.56 Å². The molecule has 1 saturated heterocycles. The summed E-state index contributed by atoms with van der Waals surface area (Å²) in [5, 5.41) is 18.5. The van der Waals surface area contributed by atoms with Gasteiger partial charge in [-0.2, -0.15) is 5.10 Å². The van der Waals surface area contributed by atoms with E-state index in [4.69, 9.17) is 28.6 Å². The van der Waals surface area contributed by atoms with Gasteiger partial charge in [0, 0.05) is 48.9 Å². The molecule has 8 nitrogen and oxygen atoms in total. The SMILES string of the molecule is O=[N+]([O-])c1ccc(Cl)c(/C=N\NC(=S)NCCN2CCOCC2)c1. The van der Waals surface area contributed by atoms with Gasteiger partial charge in [-0.1, -0.05) is 11.6 Å². The molecule has 1 aromatic carbocycles. The van der Waals surface area contributed by atoms with Crippen molar-refractivity contribution in [2.75, 3.05) is 39.4 Å². The lowest BCUT2D eigenvalue weighted by Crippen LogP contribution is -2.42. The van der Waals surface area contributed by atoms with Gasteiger partial charge in [-0.15, -0.1) is 0 Å². The van der Waals surface area contributed by atoms with Gasteiger partial charge in [0.1, 0.15) is 0 Å². The van der Waals surface area contributed by atoms with E-state index in [1.54, 1.807) is 0 Å². The zero-order valence-corrected chi connectivity index (χ0v) is 14.5. The van der Waals surface area contributed by atoms with E-state index >= 15 is 0 Å². The van der Waals surface area contributed by atoms with E-state index in [9.17, 15) is 10.1 Å². The molecule has 0 unspecified atom stereocenters. The number of thiocarbonyl (C=S) groups is 1. The highest BCUT2D eigenvalue weighted by Gasteiger charge is 2.10. The normalized spacial score (nSPS) is 15.4. The molecule has 1 aliphatic rings. The smallest absolute Gasteiger partial charge is 0.270 e. The Balaban J connectivity index is 1.75. The highest BCUT2D eigenvalue weighted by Crippen LogP contribution is 2.20. The molecule has 0 bridgehead atoms. The minimum atomic E-state index is -0.487. The molecule has 0 spiro atoms. The number of hydrazone groups is 1. The first-order chi connectivity index (χ1) is 11.6. The maximum atomic E-state index is 10.8. The second-order valence-electron chi connectivity index (χ2n) is 5.04. The number of nitrogens with zero attached hydrogens (tertiary/aromatic N) is 3. The number of non-ortho nitro benzene ring substituents is 1. The van der Waals surface area contributed by atoms with Gasteiger partial charge in [0.05, 0.1) is 24.4 Å². The minimum absolute atomic E-state index is 0.0490. The van der Waals surface area contributed by atoms with Crippen LogP contribution in [-0.4, -0.2) is 60.5 Å². The topological polar surface area (TPSA) is 92.0 Å². The molecule has 0 saturated carbocycles. The lowest BCUT2D eigenvalue weighted by molar-refractivity contribution is -0.384. The van der Waals surface area contributed by atoms with Gasteiger partial charge in [0.15, 0.2) is 5.11 Å². The van der Waals surface area contributed by atoms with E-state index in [1.165, 1.54) is 24.4 Å². The van der Waals surface area contributed by atoms with Crippen LogP contribution in [0.3, 0.4) is 0 Å². The maximum Gasteiger partial charge on any atom is 0.270 e. The molecule has 0 aromatic heterocycles. The number of halogens is 1. The number of hydrogen-bond acceptors (Lipinski definition) is 6. The number of rotatable bonds is 6. The first-order valence-corrected chi connectivity index (χ1v) is 8.16. The van der Waals surface area contributed by atoms with Gasteiger partial charge in [-0.3, -0.25) is 20.4 Å². The molecule has 2 N–H and O–H groups in total. The number of benzene rings is 1. The second-order valence-corrected chi connectivity index (χ2v) is 5.86. The average molecular weight is 372 g/mol. The van der Waals surface area contributed by atoms with Crippen LogP contribution in [0.2, 0.25) is 5.02 Å². The second kappa shape index (κ2) is 9.48. The molecule has 0 aliphatic carbocycles. The fourth-order valence-electron chi connectivity index (χ4n) is 2.10. The number of morpholine rings is 1. The molecule has 2 rings (SSSR count). The Morgan fingerprint density at radius 1 is 1.50 bits per heavy atom. The minimum Gasteiger partial charge on any atom is -0.379 e. The van der Waals surface area contributed by atoms with Gasteiger partial charge < -0.3 is 10.1 Å². The van der Waals surface area contributed by atoms with Gasteiger partial charge in [0.25, 0.3) is 5.69 Å². The summed E-state index contributed by atoms with van der Waals surface area (Å²) in [6.07, 6.45) is 1.39. The van der Waals surface area contributed by atoms with Crippen LogP contribution in [0.5, 0.6) is 0 Å². The van der Waals surface area contributed by atoms with Crippen molar-refractivity contribution in [1.29, 1.82) is 0 Å². The highest BCUT2D eigenvalue weighted by molar-refractivity contribution is 7.80. The predicted octanol–water partition coefficient (Wildman–Crippen LogP) is 1.38. The fourth-order valence-corrected chi connectivity index (χ4v) is 2.42. The van der Waals surface area contributed by atoms with Crippen molar-refractivity contribution >= 4 is 40.8 Å². The zero-order chi connectivity index (χ0) is 17.4. The summed E-state index contributed by atoms with van der Waals surface area (Å²) in [5.41, 5.74) is 3.05. The van der Waals surface area contributed by atoms with Crippen LogP contribution in [0.15, 0.2) is 23.3 Å². The van der Waals surface area contributed by atoms with Crippen LogP contribution in [0, 0.1) is 10.1 Å². The monoisotopic (exact) mass is 371 g/mol. The summed E-state index contributed by atoms with van der Waals surface area (Å²) in [6.45, 7) is 4.93. The van der Waals surface area contributed by atoms with Crippen molar-refractivity contribution in [1.82, 2.24) is 15.6 Å². The Bertz CT molecular complexity index is 622. The van der Waals surface area contributed by atoms with Crippen molar-refractivity contribution in [3.63, 3.8) is 0 Å². The third kappa shape index (κ3) is 6.00.